The van der Waals surface area contributed by atoms with Crippen LogP contribution in [0.3, 0.4) is 0 Å². The zero-order chi connectivity index (χ0) is 17.7. The van der Waals surface area contributed by atoms with Crippen molar-refractivity contribution < 1.29 is 23.8 Å². The number of aryl methyl sites for hydroxylation is 1. The lowest BCUT2D eigenvalue weighted by molar-refractivity contribution is -0.133. The minimum Gasteiger partial charge on any atom is -0.507 e. The van der Waals surface area contributed by atoms with Gasteiger partial charge >= 0.3 is 5.97 Å². The van der Waals surface area contributed by atoms with Gasteiger partial charge in [0.25, 0.3) is 5.91 Å². The maximum absolute atomic E-state index is 13.6. The van der Waals surface area contributed by atoms with Crippen molar-refractivity contribution in [3.05, 3.63) is 65.0 Å². The fraction of sp³-hybridized carbons (Fsp3) is 0.222. The molecule has 126 valence electrons. The number of nitrogens with zero attached hydrogens (tertiary/aromatic N) is 1. The summed E-state index contributed by atoms with van der Waals surface area (Å²) < 4.78 is 18.5. The number of aromatic hydroxyl groups is 1. The number of likely N-dealkylation sites (N-methyl/N-ethyl adjacent to an activating group) is 1. The summed E-state index contributed by atoms with van der Waals surface area (Å²) >= 11 is 0. The number of phenolic OH excluding ortho intramolecular Hbond substituents is 1. The summed E-state index contributed by atoms with van der Waals surface area (Å²) in [7, 11) is 1.49. The number of hydrogen-bond acceptors (Lipinski definition) is 4. The predicted octanol–water partition coefficient (Wildman–Crippen LogP) is 2.66. The van der Waals surface area contributed by atoms with Crippen molar-refractivity contribution in [2.24, 2.45) is 0 Å². The average Bonchev–Trinajstić information content (AvgIpc) is 2.56. The molecule has 0 spiro atoms. The Kier molecular flexibility index (Phi) is 5.52. The first kappa shape index (κ1) is 17.5. The Balaban J connectivity index is 1.94. The second-order valence-corrected chi connectivity index (χ2v) is 5.39. The quantitative estimate of drug-likeness (QED) is 0.856. The zero-order valence-electron chi connectivity index (χ0n) is 13.5. The van der Waals surface area contributed by atoms with Gasteiger partial charge in [0.1, 0.15) is 17.1 Å². The lowest BCUT2D eigenvalue weighted by Crippen LogP contribution is -2.31. The number of carbonyl (C=O) groups is 2. The van der Waals surface area contributed by atoms with Crippen LogP contribution in [0.1, 0.15) is 21.5 Å². The van der Waals surface area contributed by atoms with Crippen LogP contribution in [-0.4, -0.2) is 35.5 Å². The minimum atomic E-state index is -0.788. The van der Waals surface area contributed by atoms with E-state index in [2.05, 4.69) is 0 Å². The molecule has 0 saturated carbocycles. The van der Waals surface area contributed by atoms with Gasteiger partial charge < -0.3 is 14.7 Å². The number of esters is 1. The maximum Gasteiger partial charge on any atom is 0.342 e. The monoisotopic (exact) mass is 331 g/mol. The van der Waals surface area contributed by atoms with Crippen molar-refractivity contribution in [2.45, 2.75) is 13.5 Å². The van der Waals surface area contributed by atoms with E-state index < -0.39 is 24.3 Å². The van der Waals surface area contributed by atoms with Gasteiger partial charge in [-0.3, -0.25) is 4.79 Å². The molecule has 0 aliphatic heterocycles. The Bertz CT molecular complexity index is 760. The number of phenols is 1. The Morgan fingerprint density at radius 1 is 1.17 bits per heavy atom. The van der Waals surface area contributed by atoms with Crippen LogP contribution in [0.25, 0.3) is 0 Å². The standard InChI is InChI=1S/C18H18FNO4/c1-12-6-5-8-14(17(12)22)18(23)24-11-16(21)20(2)10-13-7-3-4-9-15(13)19/h3-9,22H,10-11H2,1-2H3. The van der Waals surface area contributed by atoms with Gasteiger partial charge in [-0.05, 0) is 24.6 Å². The highest BCUT2D eigenvalue weighted by Gasteiger charge is 2.17. The lowest BCUT2D eigenvalue weighted by Gasteiger charge is -2.17. The van der Waals surface area contributed by atoms with E-state index in [-0.39, 0.29) is 17.9 Å². The highest BCUT2D eigenvalue weighted by Crippen LogP contribution is 2.22. The summed E-state index contributed by atoms with van der Waals surface area (Å²) in [6.45, 7) is 1.23. The summed E-state index contributed by atoms with van der Waals surface area (Å²) in [5.41, 5.74) is 0.906. The molecule has 0 atom stereocenters. The number of amides is 1. The number of hydrogen-bond donors (Lipinski definition) is 1. The van der Waals surface area contributed by atoms with Crippen LogP contribution >= 0.6 is 0 Å². The molecular formula is C18H18FNO4. The molecule has 5 nitrogen and oxygen atoms in total. The van der Waals surface area contributed by atoms with E-state index in [1.165, 1.54) is 24.1 Å². The first-order chi connectivity index (χ1) is 11.4. The summed E-state index contributed by atoms with van der Waals surface area (Å²) in [6.07, 6.45) is 0. The molecule has 0 aromatic heterocycles. The van der Waals surface area contributed by atoms with Crippen LogP contribution in [0.5, 0.6) is 5.75 Å². The smallest absolute Gasteiger partial charge is 0.342 e. The largest absolute Gasteiger partial charge is 0.507 e. The molecule has 0 bridgehead atoms. The van der Waals surface area contributed by atoms with Gasteiger partial charge in [0.15, 0.2) is 6.61 Å². The lowest BCUT2D eigenvalue weighted by atomic mass is 10.1. The third kappa shape index (κ3) is 4.10. The van der Waals surface area contributed by atoms with Crippen LogP contribution in [0.15, 0.2) is 42.5 Å². The molecular weight excluding hydrogens is 313 g/mol. The Morgan fingerprint density at radius 2 is 1.88 bits per heavy atom. The summed E-state index contributed by atoms with van der Waals surface area (Å²) in [5, 5.41) is 9.83. The molecule has 6 heteroatoms. The van der Waals surface area contributed by atoms with Gasteiger partial charge in [0, 0.05) is 19.2 Å². The second-order valence-electron chi connectivity index (χ2n) is 5.39. The van der Waals surface area contributed by atoms with Gasteiger partial charge in [0.2, 0.25) is 0 Å². The number of carbonyl (C=O) groups excluding carboxylic acids is 2. The highest BCUT2D eigenvalue weighted by molar-refractivity contribution is 5.94. The molecule has 0 aliphatic carbocycles. The van der Waals surface area contributed by atoms with Crippen LogP contribution < -0.4 is 0 Å². The Morgan fingerprint density at radius 3 is 2.58 bits per heavy atom. The van der Waals surface area contributed by atoms with Gasteiger partial charge in [0.05, 0.1) is 0 Å². The van der Waals surface area contributed by atoms with Crippen molar-refractivity contribution >= 4 is 11.9 Å². The van der Waals surface area contributed by atoms with E-state index in [1.54, 1.807) is 37.3 Å². The first-order valence-electron chi connectivity index (χ1n) is 7.33. The molecule has 24 heavy (non-hydrogen) atoms. The molecule has 2 aromatic rings. The normalized spacial score (nSPS) is 10.3. The van der Waals surface area contributed by atoms with Gasteiger partial charge in [-0.2, -0.15) is 0 Å². The van der Waals surface area contributed by atoms with Crippen LogP contribution in [-0.2, 0) is 16.1 Å². The summed E-state index contributed by atoms with van der Waals surface area (Å²) in [6, 6.07) is 10.8. The van der Waals surface area contributed by atoms with E-state index in [1.807, 2.05) is 0 Å². The molecule has 1 N–H and O–H groups in total. The SMILES string of the molecule is Cc1cccc(C(=O)OCC(=O)N(C)Cc2ccccc2F)c1O. The molecule has 2 aromatic carbocycles. The van der Waals surface area contributed by atoms with Gasteiger partial charge in [-0.1, -0.05) is 30.3 Å². The molecule has 0 heterocycles. The van der Waals surface area contributed by atoms with Crippen molar-refractivity contribution in [3.63, 3.8) is 0 Å². The highest BCUT2D eigenvalue weighted by atomic mass is 19.1. The molecule has 0 saturated heterocycles. The molecule has 0 unspecified atom stereocenters. The topological polar surface area (TPSA) is 66.8 Å². The third-order valence-corrected chi connectivity index (χ3v) is 3.58. The average molecular weight is 331 g/mol. The molecule has 0 aliphatic rings. The first-order valence-corrected chi connectivity index (χ1v) is 7.33. The van der Waals surface area contributed by atoms with Crippen molar-refractivity contribution in [2.75, 3.05) is 13.7 Å². The van der Waals surface area contributed by atoms with E-state index in [0.717, 1.165) is 0 Å². The summed E-state index contributed by atoms with van der Waals surface area (Å²) in [5.74, 6) is -1.84. The molecule has 0 fully saturated rings. The van der Waals surface area contributed by atoms with Crippen molar-refractivity contribution in [1.82, 2.24) is 4.90 Å². The number of ether oxygens (including phenoxy) is 1. The second kappa shape index (κ2) is 7.59. The number of benzene rings is 2. The Hall–Kier alpha value is -2.89. The van der Waals surface area contributed by atoms with Crippen molar-refractivity contribution in [1.29, 1.82) is 0 Å². The summed E-state index contributed by atoms with van der Waals surface area (Å²) in [4.78, 5) is 25.2. The van der Waals surface area contributed by atoms with Crippen molar-refractivity contribution in [3.8, 4) is 5.75 Å². The van der Waals surface area contributed by atoms with E-state index >= 15 is 0 Å². The number of rotatable bonds is 5. The minimum absolute atomic E-state index is 0.000410. The molecule has 1 amide bonds. The van der Waals surface area contributed by atoms with E-state index in [4.69, 9.17) is 4.74 Å². The van der Waals surface area contributed by atoms with Crippen LogP contribution in [0.2, 0.25) is 0 Å². The number of para-hydroxylation sites is 1. The Labute approximate surface area is 139 Å². The fourth-order valence-electron chi connectivity index (χ4n) is 2.11. The van der Waals surface area contributed by atoms with E-state index in [9.17, 15) is 19.1 Å². The number of halogens is 1. The third-order valence-electron chi connectivity index (χ3n) is 3.58. The van der Waals surface area contributed by atoms with E-state index in [0.29, 0.717) is 11.1 Å². The van der Waals surface area contributed by atoms with Gasteiger partial charge in [-0.25, -0.2) is 9.18 Å². The van der Waals surface area contributed by atoms with Crippen LogP contribution in [0, 0.1) is 12.7 Å². The maximum atomic E-state index is 13.6. The van der Waals surface area contributed by atoms with Gasteiger partial charge in [-0.15, -0.1) is 0 Å². The fourth-order valence-corrected chi connectivity index (χ4v) is 2.11. The predicted molar refractivity (Wildman–Crippen MR) is 86.0 cm³/mol. The van der Waals surface area contributed by atoms with Crippen LogP contribution in [0.4, 0.5) is 4.39 Å². The molecule has 2 rings (SSSR count). The zero-order valence-corrected chi connectivity index (χ0v) is 13.5. The molecule has 0 radical (unpaired) electrons.